The first-order chi connectivity index (χ1) is 8.98. The predicted molar refractivity (Wildman–Crippen MR) is 77.9 cm³/mol. The molecule has 0 aromatic carbocycles. The Bertz CT molecular complexity index is 340. The van der Waals surface area contributed by atoms with Crippen molar-refractivity contribution in [1.82, 2.24) is 9.80 Å². The molecule has 0 bridgehead atoms. The van der Waals surface area contributed by atoms with Crippen molar-refractivity contribution in [3.05, 3.63) is 0 Å². The summed E-state index contributed by atoms with van der Waals surface area (Å²) in [5.41, 5.74) is 5.64. The van der Waals surface area contributed by atoms with E-state index in [0.717, 1.165) is 38.4 Å². The van der Waals surface area contributed by atoms with Gasteiger partial charge in [-0.15, -0.1) is 11.8 Å². The second-order valence-corrected chi connectivity index (χ2v) is 7.39. The average molecular weight is 287 g/mol. The van der Waals surface area contributed by atoms with E-state index >= 15 is 0 Å². The van der Waals surface area contributed by atoms with Gasteiger partial charge >= 0.3 is 0 Å². The van der Waals surface area contributed by atoms with E-state index in [9.17, 15) is 4.79 Å². The Morgan fingerprint density at radius 3 is 2.84 bits per heavy atom. The fourth-order valence-corrected chi connectivity index (χ4v) is 4.50. The van der Waals surface area contributed by atoms with Crippen LogP contribution in [0.15, 0.2) is 0 Å². The molecule has 0 aliphatic carbocycles. The van der Waals surface area contributed by atoms with Gasteiger partial charge in [0, 0.05) is 31.9 Å². The Balaban J connectivity index is 2.01. The van der Waals surface area contributed by atoms with Crippen LogP contribution in [-0.4, -0.2) is 70.3 Å². The molecule has 1 amide bonds. The van der Waals surface area contributed by atoms with E-state index in [1.165, 1.54) is 0 Å². The van der Waals surface area contributed by atoms with Gasteiger partial charge in [0.15, 0.2) is 0 Å². The van der Waals surface area contributed by atoms with Gasteiger partial charge in [0.05, 0.1) is 11.5 Å². The molecule has 2 aliphatic rings. The van der Waals surface area contributed by atoms with Gasteiger partial charge < -0.3 is 15.7 Å². The van der Waals surface area contributed by atoms with E-state index in [2.05, 4.69) is 18.7 Å². The fourth-order valence-electron chi connectivity index (χ4n) is 2.98. The lowest BCUT2D eigenvalue weighted by Gasteiger charge is -2.35. The number of amides is 1. The molecule has 2 rings (SSSR count). The molecule has 2 fully saturated rings. The van der Waals surface area contributed by atoms with Crippen LogP contribution in [0.25, 0.3) is 0 Å². The zero-order chi connectivity index (χ0) is 14.0. The second kappa shape index (κ2) is 5.99. The van der Waals surface area contributed by atoms with Gasteiger partial charge in [0.25, 0.3) is 0 Å². The molecule has 1 spiro atoms. The van der Waals surface area contributed by atoms with Crippen molar-refractivity contribution in [2.75, 3.05) is 38.5 Å². The lowest BCUT2D eigenvalue weighted by atomic mass is 10.1. The molecule has 2 saturated heterocycles. The second-order valence-electron chi connectivity index (χ2n) is 5.93. The summed E-state index contributed by atoms with van der Waals surface area (Å²) in [6.45, 7) is 7.89. The van der Waals surface area contributed by atoms with Crippen LogP contribution in [0, 0.1) is 5.92 Å². The van der Waals surface area contributed by atoms with Crippen molar-refractivity contribution in [3.8, 4) is 0 Å². The maximum atomic E-state index is 12.1. The first kappa shape index (κ1) is 15.1. The van der Waals surface area contributed by atoms with Crippen LogP contribution < -0.4 is 5.73 Å². The van der Waals surface area contributed by atoms with E-state index in [0.29, 0.717) is 5.92 Å². The van der Waals surface area contributed by atoms with Crippen molar-refractivity contribution >= 4 is 17.7 Å². The number of aliphatic hydroxyl groups excluding tert-OH is 1. The smallest absolute Gasteiger partial charge is 0.241 e. The molecule has 0 radical (unpaired) electrons. The van der Waals surface area contributed by atoms with E-state index in [-0.39, 0.29) is 17.4 Å². The van der Waals surface area contributed by atoms with Gasteiger partial charge in [0.1, 0.15) is 6.04 Å². The van der Waals surface area contributed by atoms with E-state index in [1.54, 1.807) is 0 Å². The lowest BCUT2D eigenvalue weighted by Crippen LogP contribution is -2.49. The Hall–Kier alpha value is -0.300. The minimum absolute atomic E-state index is 0.0924. The number of carbonyl (C=O) groups excluding carboxylic acids is 1. The maximum Gasteiger partial charge on any atom is 0.241 e. The van der Waals surface area contributed by atoms with Crippen LogP contribution in [0.5, 0.6) is 0 Å². The van der Waals surface area contributed by atoms with Crippen LogP contribution in [0.2, 0.25) is 0 Å². The molecule has 0 aromatic heterocycles. The highest BCUT2D eigenvalue weighted by Gasteiger charge is 2.48. The molecule has 2 aliphatic heterocycles. The summed E-state index contributed by atoms with van der Waals surface area (Å²) in [6.07, 6.45) is 1.01. The van der Waals surface area contributed by atoms with Crippen LogP contribution in [0.4, 0.5) is 0 Å². The van der Waals surface area contributed by atoms with Gasteiger partial charge in [0.2, 0.25) is 5.91 Å². The third kappa shape index (κ3) is 3.07. The number of nitrogens with zero attached hydrogens (tertiary/aromatic N) is 2. The molecule has 6 heteroatoms. The summed E-state index contributed by atoms with van der Waals surface area (Å²) in [7, 11) is 0. The highest BCUT2D eigenvalue weighted by Crippen LogP contribution is 2.43. The van der Waals surface area contributed by atoms with Crippen LogP contribution in [-0.2, 0) is 4.79 Å². The average Bonchev–Trinajstić information content (AvgIpc) is 2.96. The molecule has 2 atom stereocenters. The van der Waals surface area contributed by atoms with Crippen LogP contribution >= 0.6 is 11.8 Å². The quantitative estimate of drug-likeness (QED) is 0.758. The SMILES string of the molecule is CC(C)CN1CCSC12CCN(C(=O)C(N)CO)C2. The molecule has 5 nitrogen and oxygen atoms in total. The van der Waals surface area contributed by atoms with Crippen molar-refractivity contribution in [1.29, 1.82) is 0 Å². The topological polar surface area (TPSA) is 69.8 Å². The molecule has 19 heavy (non-hydrogen) atoms. The van der Waals surface area contributed by atoms with E-state index in [4.69, 9.17) is 10.8 Å². The van der Waals surface area contributed by atoms with Crippen LogP contribution in [0.1, 0.15) is 20.3 Å². The van der Waals surface area contributed by atoms with Gasteiger partial charge in [-0.1, -0.05) is 13.8 Å². The van der Waals surface area contributed by atoms with Crippen molar-refractivity contribution < 1.29 is 9.90 Å². The van der Waals surface area contributed by atoms with E-state index < -0.39 is 6.04 Å². The Morgan fingerprint density at radius 2 is 2.21 bits per heavy atom. The third-order valence-electron chi connectivity index (χ3n) is 3.93. The first-order valence-corrected chi connectivity index (χ1v) is 8.01. The third-order valence-corrected chi connectivity index (χ3v) is 5.45. The zero-order valence-electron chi connectivity index (χ0n) is 11.8. The van der Waals surface area contributed by atoms with Crippen molar-refractivity contribution in [2.45, 2.75) is 31.2 Å². The summed E-state index contributed by atoms with van der Waals surface area (Å²) >= 11 is 1.97. The van der Waals surface area contributed by atoms with Gasteiger partial charge in [-0.2, -0.15) is 0 Å². The number of thioether (sulfide) groups is 1. The van der Waals surface area contributed by atoms with Crippen molar-refractivity contribution in [2.24, 2.45) is 11.7 Å². The van der Waals surface area contributed by atoms with E-state index in [1.807, 2.05) is 16.7 Å². The molecule has 2 unspecified atom stereocenters. The largest absolute Gasteiger partial charge is 0.394 e. The lowest BCUT2D eigenvalue weighted by molar-refractivity contribution is -0.132. The standard InChI is InChI=1S/C13H25N3O2S/c1-10(2)7-16-5-6-19-13(16)3-4-15(9-13)12(18)11(14)8-17/h10-11,17H,3-9,14H2,1-2H3. The summed E-state index contributed by atoms with van der Waals surface area (Å²) in [6, 6.07) is -0.764. The summed E-state index contributed by atoms with van der Waals surface area (Å²) in [5.74, 6) is 1.66. The highest BCUT2D eigenvalue weighted by atomic mass is 32.2. The first-order valence-electron chi connectivity index (χ1n) is 7.03. The fraction of sp³-hybridized carbons (Fsp3) is 0.923. The highest BCUT2D eigenvalue weighted by molar-refractivity contribution is 8.00. The summed E-state index contributed by atoms with van der Waals surface area (Å²) < 4.78 is 0. The van der Waals surface area contributed by atoms with Gasteiger partial charge in [-0.25, -0.2) is 0 Å². The molecule has 0 saturated carbocycles. The molecule has 2 heterocycles. The van der Waals surface area contributed by atoms with Crippen LogP contribution in [0.3, 0.4) is 0 Å². The predicted octanol–water partition coefficient (Wildman–Crippen LogP) is -0.0606. The minimum atomic E-state index is -0.764. The number of likely N-dealkylation sites (tertiary alicyclic amines) is 1. The number of carbonyl (C=O) groups is 1. The molecule has 110 valence electrons. The van der Waals surface area contributed by atoms with Gasteiger partial charge in [-0.3, -0.25) is 9.69 Å². The maximum absolute atomic E-state index is 12.1. The number of hydrogen-bond donors (Lipinski definition) is 2. The summed E-state index contributed by atoms with van der Waals surface area (Å²) in [5, 5.41) is 9.01. The number of nitrogens with two attached hydrogens (primary N) is 1. The molecule has 0 aromatic rings. The Labute approximate surface area is 119 Å². The number of rotatable bonds is 4. The molecular weight excluding hydrogens is 262 g/mol. The Kier molecular flexibility index (Phi) is 4.76. The summed E-state index contributed by atoms with van der Waals surface area (Å²) in [4.78, 5) is 16.5. The Morgan fingerprint density at radius 1 is 1.47 bits per heavy atom. The number of hydrogen-bond acceptors (Lipinski definition) is 5. The van der Waals surface area contributed by atoms with Gasteiger partial charge in [-0.05, 0) is 12.3 Å². The zero-order valence-corrected chi connectivity index (χ0v) is 12.7. The number of aliphatic hydroxyl groups is 1. The monoisotopic (exact) mass is 287 g/mol. The normalized spacial score (nSPS) is 29.6. The molecular formula is C13H25N3O2S. The minimum Gasteiger partial charge on any atom is -0.394 e. The van der Waals surface area contributed by atoms with Crippen molar-refractivity contribution in [3.63, 3.8) is 0 Å². The molecule has 3 N–H and O–H groups in total.